The minimum absolute atomic E-state index is 0.00111. The summed E-state index contributed by atoms with van der Waals surface area (Å²) in [6.07, 6.45) is -1.69. The van der Waals surface area contributed by atoms with Gasteiger partial charge < -0.3 is 19.3 Å². The Kier molecular flexibility index (Phi) is 4.30. The van der Waals surface area contributed by atoms with E-state index in [1.807, 2.05) is 0 Å². The number of esters is 2. The van der Waals surface area contributed by atoms with Gasteiger partial charge in [0.1, 0.15) is 24.1 Å². The predicted molar refractivity (Wildman–Crippen MR) is 89.6 cm³/mol. The number of ketones is 1. The van der Waals surface area contributed by atoms with Crippen LogP contribution in [0.15, 0.2) is 36.1 Å². The first-order valence-corrected chi connectivity index (χ1v) is 8.44. The average molecular weight is 362 g/mol. The van der Waals surface area contributed by atoms with Crippen LogP contribution in [0.4, 0.5) is 0 Å². The molecule has 0 saturated carbocycles. The summed E-state index contributed by atoms with van der Waals surface area (Å²) in [5, 5.41) is 10.8. The highest BCUT2D eigenvalue weighted by Gasteiger charge is 2.56. The lowest BCUT2D eigenvalue weighted by Crippen LogP contribution is -2.45. The lowest BCUT2D eigenvalue weighted by Gasteiger charge is -2.32. The molecule has 26 heavy (non-hydrogen) atoms. The Morgan fingerprint density at radius 2 is 2.08 bits per heavy atom. The third-order valence-electron chi connectivity index (χ3n) is 5.30. The summed E-state index contributed by atoms with van der Waals surface area (Å²) < 4.78 is 16.7. The Hall–Kier alpha value is -2.41. The van der Waals surface area contributed by atoms with Crippen LogP contribution in [0.5, 0.6) is 0 Å². The SMILES string of the molecule is C=C(C)C(=O)OC1CC2(C)OC(=CC2=O)C(C)C(O)C2OC(=O)C(=C)C12. The molecule has 7 nitrogen and oxygen atoms in total. The van der Waals surface area contributed by atoms with E-state index in [4.69, 9.17) is 14.2 Å². The maximum Gasteiger partial charge on any atom is 0.334 e. The van der Waals surface area contributed by atoms with Crippen LogP contribution in [0.1, 0.15) is 27.2 Å². The molecule has 0 aromatic heterocycles. The molecule has 7 heteroatoms. The highest BCUT2D eigenvalue weighted by molar-refractivity contribution is 5.99. The molecule has 3 heterocycles. The van der Waals surface area contributed by atoms with Gasteiger partial charge in [-0.1, -0.05) is 20.1 Å². The Morgan fingerprint density at radius 3 is 2.69 bits per heavy atom. The van der Waals surface area contributed by atoms with Gasteiger partial charge in [-0.3, -0.25) is 4.79 Å². The number of hydrogen-bond acceptors (Lipinski definition) is 7. The molecule has 0 amide bonds. The minimum atomic E-state index is -1.26. The van der Waals surface area contributed by atoms with Gasteiger partial charge in [-0.05, 0) is 13.8 Å². The molecule has 2 fully saturated rings. The van der Waals surface area contributed by atoms with Gasteiger partial charge in [0.15, 0.2) is 5.60 Å². The summed E-state index contributed by atoms with van der Waals surface area (Å²) >= 11 is 0. The van der Waals surface area contributed by atoms with Gasteiger partial charge >= 0.3 is 11.9 Å². The van der Waals surface area contributed by atoms with Gasteiger partial charge in [-0.25, -0.2) is 9.59 Å². The van der Waals surface area contributed by atoms with Crippen molar-refractivity contribution in [3.63, 3.8) is 0 Å². The number of aliphatic hydroxyl groups is 1. The first kappa shape index (κ1) is 18.4. The van der Waals surface area contributed by atoms with Crippen LogP contribution in [0.25, 0.3) is 0 Å². The van der Waals surface area contributed by atoms with Crippen LogP contribution in [0, 0.1) is 11.8 Å². The van der Waals surface area contributed by atoms with E-state index in [1.165, 1.54) is 13.0 Å². The number of aliphatic hydroxyl groups excluding tert-OH is 1. The first-order chi connectivity index (χ1) is 12.0. The fourth-order valence-electron chi connectivity index (χ4n) is 3.63. The van der Waals surface area contributed by atoms with E-state index in [9.17, 15) is 19.5 Å². The molecule has 3 rings (SSSR count). The van der Waals surface area contributed by atoms with Gasteiger partial charge in [-0.2, -0.15) is 0 Å². The maximum absolute atomic E-state index is 12.5. The number of rotatable bonds is 2. The third-order valence-corrected chi connectivity index (χ3v) is 5.30. The van der Waals surface area contributed by atoms with Crippen LogP contribution < -0.4 is 0 Å². The summed E-state index contributed by atoms with van der Waals surface area (Å²) in [6.45, 7) is 12.1. The summed E-state index contributed by atoms with van der Waals surface area (Å²) in [5.74, 6) is -2.63. The normalized spacial score (nSPS) is 39.0. The lowest BCUT2D eigenvalue weighted by atomic mass is 9.79. The van der Waals surface area contributed by atoms with Crippen molar-refractivity contribution in [3.8, 4) is 0 Å². The van der Waals surface area contributed by atoms with E-state index in [2.05, 4.69) is 13.2 Å². The summed E-state index contributed by atoms with van der Waals surface area (Å²) in [4.78, 5) is 36.7. The first-order valence-electron chi connectivity index (χ1n) is 8.44. The van der Waals surface area contributed by atoms with E-state index < -0.39 is 47.7 Å². The van der Waals surface area contributed by atoms with E-state index in [0.29, 0.717) is 5.76 Å². The van der Waals surface area contributed by atoms with Crippen LogP contribution in [0.3, 0.4) is 0 Å². The Morgan fingerprint density at radius 1 is 1.42 bits per heavy atom. The van der Waals surface area contributed by atoms with Crippen molar-refractivity contribution in [2.75, 3.05) is 0 Å². The summed E-state index contributed by atoms with van der Waals surface area (Å²) in [7, 11) is 0. The van der Waals surface area contributed by atoms with Crippen molar-refractivity contribution in [1.29, 1.82) is 0 Å². The molecule has 3 aliphatic heterocycles. The summed E-state index contributed by atoms with van der Waals surface area (Å²) in [5.41, 5.74) is -0.984. The maximum atomic E-state index is 12.5. The molecule has 0 aromatic carbocycles. The zero-order valence-electron chi connectivity index (χ0n) is 15.0. The molecule has 2 bridgehead atoms. The van der Waals surface area contributed by atoms with Gasteiger partial charge in [0, 0.05) is 29.6 Å². The fraction of sp³-hybridized carbons (Fsp3) is 0.526. The van der Waals surface area contributed by atoms with Crippen LogP contribution in [-0.2, 0) is 28.6 Å². The second-order valence-corrected chi connectivity index (χ2v) is 7.37. The molecule has 1 N–H and O–H groups in total. The molecule has 0 aromatic rings. The van der Waals surface area contributed by atoms with Crippen LogP contribution >= 0.6 is 0 Å². The highest BCUT2D eigenvalue weighted by atomic mass is 16.6. The van der Waals surface area contributed by atoms with Crippen molar-refractivity contribution in [2.24, 2.45) is 11.8 Å². The summed E-state index contributed by atoms with van der Waals surface area (Å²) in [6, 6.07) is 0. The van der Waals surface area contributed by atoms with Crippen molar-refractivity contribution < 1.29 is 33.7 Å². The Bertz CT molecular complexity index is 749. The fourth-order valence-corrected chi connectivity index (χ4v) is 3.63. The van der Waals surface area contributed by atoms with Gasteiger partial charge in [0.2, 0.25) is 5.78 Å². The number of carbonyl (C=O) groups is 3. The zero-order chi connectivity index (χ0) is 19.4. The largest absolute Gasteiger partial charge is 0.483 e. The molecule has 6 unspecified atom stereocenters. The topological polar surface area (TPSA) is 99.1 Å². The van der Waals surface area contributed by atoms with E-state index in [1.54, 1.807) is 13.8 Å². The number of fused-ring (bicyclic) bond motifs is 3. The van der Waals surface area contributed by atoms with Crippen LogP contribution in [0.2, 0.25) is 0 Å². The second-order valence-electron chi connectivity index (χ2n) is 7.37. The third kappa shape index (κ3) is 2.76. The standard InChI is InChI=1S/C19H22O7/c1-8(2)17(22)24-12-7-19(5)13(20)6-11(26-19)9(3)15(21)16-14(12)10(4)18(23)25-16/h6,9,12,14-16,21H,1,4,7H2,2-3,5H3. The smallest absolute Gasteiger partial charge is 0.334 e. The molecule has 6 atom stereocenters. The molecule has 0 aliphatic carbocycles. The lowest BCUT2D eigenvalue weighted by molar-refractivity contribution is -0.156. The number of ether oxygens (including phenoxy) is 3. The van der Waals surface area contributed by atoms with Crippen molar-refractivity contribution in [1.82, 2.24) is 0 Å². The second kappa shape index (κ2) is 6.09. The molecule has 140 valence electrons. The van der Waals surface area contributed by atoms with Crippen molar-refractivity contribution >= 4 is 17.7 Å². The molecule has 0 spiro atoms. The number of hydrogen-bond donors (Lipinski definition) is 1. The van der Waals surface area contributed by atoms with Gasteiger partial charge in [0.05, 0.1) is 5.92 Å². The molecule has 0 radical (unpaired) electrons. The Labute approximate surface area is 151 Å². The molecule has 2 saturated heterocycles. The zero-order valence-corrected chi connectivity index (χ0v) is 15.0. The monoisotopic (exact) mass is 362 g/mol. The van der Waals surface area contributed by atoms with Crippen molar-refractivity contribution in [2.45, 2.75) is 51.1 Å². The average Bonchev–Trinajstić information content (AvgIpc) is 3.02. The van der Waals surface area contributed by atoms with Gasteiger partial charge in [0.25, 0.3) is 0 Å². The van der Waals surface area contributed by atoms with Crippen LogP contribution in [-0.4, -0.2) is 46.7 Å². The van der Waals surface area contributed by atoms with E-state index >= 15 is 0 Å². The van der Waals surface area contributed by atoms with E-state index in [-0.39, 0.29) is 23.4 Å². The molecular weight excluding hydrogens is 340 g/mol. The highest BCUT2D eigenvalue weighted by Crippen LogP contribution is 2.44. The molecular formula is C19H22O7. The number of carbonyl (C=O) groups excluding carboxylic acids is 3. The quantitative estimate of drug-likeness (QED) is 0.582. The Balaban J connectivity index is 2.07. The van der Waals surface area contributed by atoms with Gasteiger partial charge in [-0.15, -0.1) is 0 Å². The minimum Gasteiger partial charge on any atom is -0.483 e. The van der Waals surface area contributed by atoms with Crippen molar-refractivity contribution in [3.05, 3.63) is 36.1 Å². The predicted octanol–water partition coefficient (Wildman–Crippen LogP) is 1.21. The molecule has 3 aliphatic rings. The van der Waals surface area contributed by atoms with E-state index in [0.717, 1.165) is 0 Å².